The third-order valence-corrected chi connectivity index (χ3v) is 5.46. The minimum absolute atomic E-state index is 0.0348. The fraction of sp³-hybridized carbons (Fsp3) is 0.238. The molecule has 2 aliphatic rings. The molecule has 2 N–H and O–H groups in total. The number of rotatable bonds is 4. The summed E-state index contributed by atoms with van der Waals surface area (Å²) in [6, 6.07) is 7.93. The summed E-state index contributed by atoms with van der Waals surface area (Å²) in [6.45, 7) is 12.3. The molecule has 0 aromatic heterocycles. The van der Waals surface area contributed by atoms with Gasteiger partial charge in [0.05, 0.1) is 0 Å². The van der Waals surface area contributed by atoms with E-state index in [0.29, 0.717) is 6.42 Å². The molecule has 1 aromatic carbocycles. The van der Waals surface area contributed by atoms with E-state index < -0.39 is 12.4 Å². The summed E-state index contributed by atoms with van der Waals surface area (Å²) in [6.07, 6.45) is 9.96. The highest BCUT2D eigenvalue weighted by Gasteiger charge is 2.53. The molecule has 1 aromatic rings. The Morgan fingerprint density at radius 2 is 2.00 bits per heavy atom. The monoisotopic (exact) mass is 318 g/mol. The minimum atomic E-state index is -1.49. The molecular formula is C21H23BO2. The van der Waals surface area contributed by atoms with E-state index in [1.807, 2.05) is 36.4 Å². The third-order valence-electron chi connectivity index (χ3n) is 5.46. The second-order valence-electron chi connectivity index (χ2n) is 6.58. The van der Waals surface area contributed by atoms with E-state index in [-0.39, 0.29) is 5.92 Å². The van der Waals surface area contributed by atoms with Gasteiger partial charge in [-0.15, -0.1) is 0 Å². The van der Waals surface area contributed by atoms with Gasteiger partial charge in [-0.05, 0) is 53.0 Å². The van der Waals surface area contributed by atoms with Crippen LogP contribution in [0.5, 0.6) is 0 Å². The van der Waals surface area contributed by atoms with E-state index in [9.17, 15) is 10.0 Å². The van der Waals surface area contributed by atoms with Crippen molar-refractivity contribution in [3.8, 4) is 0 Å². The predicted octanol–water partition coefficient (Wildman–Crippen LogP) is 3.99. The van der Waals surface area contributed by atoms with Crippen molar-refractivity contribution >= 4 is 12.7 Å². The van der Waals surface area contributed by atoms with Gasteiger partial charge < -0.3 is 10.0 Å². The molecule has 0 spiro atoms. The zero-order chi connectivity index (χ0) is 17.3. The van der Waals surface area contributed by atoms with E-state index in [4.69, 9.17) is 0 Å². The summed E-state index contributed by atoms with van der Waals surface area (Å²) >= 11 is 0. The van der Waals surface area contributed by atoms with Crippen molar-refractivity contribution in [3.63, 3.8) is 0 Å². The molecule has 2 unspecified atom stereocenters. The first kappa shape index (κ1) is 16.8. The maximum atomic E-state index is 10.5. The molecule has 0 saturated carbocycles. The van der Waals surface area contributed by atoms with Gasteiger partial charge in [-0.1, -0.05) is 68.3 Å². The van der Waals surface area contributed by atoms with Gasteiger partial charge in [-0.25, -0.2) is 0 Å². The number of benzene rings is 1. The van der Waals surface area contributed by atoms with Gasteiger partial charge >= 0.3 is 7.12 Å². The molecule has 0 amide bonds. The second kappa shape index (κ2) is 6.42. The Kier molecular flexibility index (Phi) is 4.48. The number of fused-ring (bicyclic) bond motifs is 3. The lowest BCUT2D eigenvalue weighted by Gasteiger charge is -2.41. The van der Waals surface area contributed by atoms with Gasteiger partial charge in [-0.2, -0.15) is 0 Å². The fourth-order valence-electron chi connectivity index (χ4n) is 4.29. The molecule has 2 aliphatic carbocycles. The molecule has 2 nitrogen and oxygen atoms in total. The van der Waals surface area contributed by atoms with Crippen molar-refractivity contribution < 1.29 is 10.0 Å². The van der Waals surface area contributed by atoms with Crippen molar-refractivity contribution in [1.29, 1.82) is 0 Å². The van der Waals surface area contributed by atoms with Crippen LogP contribution in [0.4, 0.5) is 0 Å². The first-order chi connectivity index (χ1) is 11.5. The van der Waals surface area contributed by atoms with E-state index in [0.717, 1.165) is 40.7 Å². The molecule has 0 heterocycles. The average Bonchev–Trinajstić information content (AvgIpc) is 2.62. The topological polar surface area (TPSA) is 40.5 Å². The Labute approximate surface area is 144 Å². The van der Waals surface area contributed by atoms with Crippen LogP contribution in [0, 0.1) is 5.92 Å². The quantitative estimate of drug-likeness (QED) is 0.651. The molecule has 0 fully saturated rings. The Bertz CT molecular complexity index is 757. The normalized spacial score (nSPS) is 25.9. The zero-order valence-electron chi connectivity index (χ0n) is 13.9. The molecule has 0 saturated heterocycles. The molecule has 2 atom stereocenters. The lowest BCUT2D eigenvalue weighted by atomic mass is 9.45. The summed E-state index contributed by atoms with van der Waals surface area (Å²) in [7, 11) is -1.49. The highest BCUT2D eigenvalue weighted by atomic mass is 16.4. The largest absolute Gasteiger partial charge is 0.463 e. The second-order valence-corrected chi connectivity index (χ2v) is 6.58. The minimum Gasteiger partial charge on any atom is -0.426 e. The van der Waals surface area contributed by atoms with Crippen LogP contribution in [0.15, 0.2) is 79.5 Å². The van der Waals surface area contributed by atoms with Crippen molar-refractivity contribution in [2.75, 3.05) is 0 Å². The predicted molar refractivity (Wildman–Crippen MR) is 101 cm³/mol. The van der Waals surface area contributed by atoms with Crippen molar-refractivity contribution in [1.82, 2.24) is 0 Å². The van der Waals surface area contributed by atoms with E-state index in [1.54, 1.807) is 6.08 Å². The van der Waals surface area contributed by atoms with Gasteiger partial charge in [0.25, 0.3) is 0 Å². The summed E-state index contributed by atoms with van der Waals surface area (Å²) in [5.74, 6) is -0.0348. The Morgan fingerprint density at radius 3 is 2.71 bits per heavy atom. The number of hydrogen-bond acceptors (Lipinski definition) is 2. The first-order valence-electron chi connectivity index (χ1n) is 8.36. The summed E-state index contributed by atoms with van der Waals surface area (Å²) in [5, 5.41) is 20.2. The average molecular weight is 318 g/mol. The molecule has 0 radical (unpaired) electrons. The van der Waals surface area contributed by atoms with Crippen molar-refractivity contribution in [2.24, 2.45) is 5.92 Å². The van der Waals surface area contributed by atoms with Crippen LogP contribution < -0.4 is 0 Å². The Morgan fingerprint density at radius 1 is 1.25 bits per heavy atom. The lowest BCUT2D eigenvalue weighted by molar-refractivity contribution is 0.282. The van der Waals surface area contributed by atoms with Gasteiger partial charge in [0.2, 0.25) is 0 Å². The third kappa shape index (κ3) is 2.36. The lowest BCUT2D eigenvalue weighted by Crippen LogP contribution is -2.50. The van der Waals surface area contributed by atoms with Crippen LogP contribution in [0.3, 0.4) is 0 Å². The van der Waals surface area contributed by atoms with Gasteiger partial charge in [0, 0.05) is 5.31 Å². The van der Waals surface area contributed by atoms with Crippen LogP contribution in [0.2, 0.25) is 0 Å². The smallest absolute Gasteiger partial charge is 0.426 e. The Hall–Kier alpha value is -2.10. The highest BCUT2D eigenvalue weighted by Crippen LogP contribution is 2.53. The van der Waals surface area contributed by atoms with Crippen LogP contribution in [0.25, 0.3) is 5.57 Å². The fourth-order valence-corrected chi connectivity index (χ4v) is 4.29. The standard InChI is InChI=1S/C21H23BO2/c1-4-5-8-14-21(22(23)24)19-13-9-11-17(16(19)3)15(2)18-10-6-7-12-20(18)21/h4-8,10-12,19,23-24H,1-3,9,13-14H2/b8-5-. The van der Waals surface area contributed by atoms with Crippen molar-refractivity contribution in [3.05, 3.63) is 90.6 Å². The summed E-state index contributed by atoms with van der Waals surface area (Å²) < 4.78 is 0. The number of hydrogen-bond donors (Lipinski definition) is 2. The molecule has 2 bridgehead atoms. The van der Waals surface area contributed by atoms with E-state index in [1.165, 1.54) is 0 Å². The SMILES string of the molecule is C=C/C=C\CC1(B(O)O)c2ccccc2C(=C)C2=CCCC1C2=C. The maximum Gasteiger partial charge on any atom is 0.463 e. The molecule has 3 heteroatoms. The van der Waals surface area contributed by atoms with Crippen LogP contribution >= 0.6 is 0 Å². The van der Waals surface area contributed by atoms with Crippen LogP contribution in [-0.4, -0.2) is 17.2 Å². The van der Waals surface area contributed by atoms with Crippen LogP contribution in [-0.2, 0) is 5.31 Å². The molecule has 122 valence electrons. The maximum absolute atomic E-state index is 10.5. The molecule has 24 heavy (non-hydrogen) atoms. The van der Waals surface area contributed by atoms with E-state index >= 15 is 0 Å². The molecule has 0 aliphatic heterocycles. The van der Waals surface area contributed by atoms with Gasteiger partial charge in [0.1, 0.15) is 0 Å². The summed E-state index contributed by atoms with van der Waals surface area (Å²) in [5.41, 5.74) is 4.87. The Balaban J connectivity index is 2.31. The van der Waals surface area contributed by atoms with Gasteiger partial charge in [0.15, 0.2) is 0 Å². The zero-order valence-corrected chi connectivity index (χ0v) is 13.9. The summed E-state index contributed by atoms with van der Waals surface area (Å²) in [4.78, 5) is 0. The van der Waals surface area contributed by atoms with Crippen molar-refractivity contribution in [2.45, 2.75) is 24.6 Å². The molecular weight excluding hydrogens is 295 g/mol. The first-order valence-corrected chi connectivity index (χ1v) is 8.36. The number of allylic oxidation sites excluding steroid dienone is 7. The van der Waals surface area contributed by atoms with Crippen LogP contribution in [0.1, 0.15) is 30.4 Å². The highest BCUT2D eigenvalue weighted by molar-refractivity contribution is 6.46. The van der Waals surface area contributed by atoms with E-state index in [2.05, 4.69) is 25.8 Å². The van der Waals surface area contributed by atoms with Gasteiger partial charge in [-0.3, -0.25) is 0 Å². The molecule has 3 rings (SSSR count).